The van der Waals surface area contributed by atoms with Crippen molar-refractivity contribution in [2.45, 2.75) is 24.5 Å². The van der Waals surface area contributed by atoms with Gasteiger partial charge in [-0.1, -0.05) is 6.07 Å². The number of thiophene rings is 1. The summed E-state index contributed by atoms with van der Waals surface area (Å²) in [6.45, 7) is -3.36. The summed E-state index contributed by atoms with van der Waals surface area (Å²) in [7, 11) is 0. The van der Waals surface area contributed by atoms with Crippen molar-refractivity contribution in [1.82, 2.24) is 19.5 Å². The molecule has 10 nitrogen and oxygen atoms in total. The minimum Gasteiger partial charge on any atom is -0.386 e. The lowest BCUT2D eigenvalue weighted by Crippen LogP contribution is -2.39. The van der Waals surface area contributed by atoms with Gasteiger partial charge in [0.2, 0.25) is 0 Å². The van der Waals surface area contributed by atoms with Gasteiger partial charge in [0, 0.05) is 0 Å². The van der Waals surface area contributed by atoms with Crippen LogP contribution in [0.4, 0.5) is 5.82 Å². The van der Waals surface area contributed by atoms with Gasteiger partial charge in [0.1, 0.15) is 24.6 Å². The van der Waals surface area contributed by atoms with Gasteiger partial charge in [0.15, 0.2) is 29.0 Å². The van der Waals surface area contributed by atoms with Crippen molar-refractivity contribution in [2.24, 2.45) is 0 Å². The predicted molar refractivity (Wildman–Crippen MR) is 100 cm³/mol. The Hall–Kier alpha value is -1.50. The first kappa shape index (κ1) is 17.6. The fourth-order valence-electron chi connectivity index (χ4n) is 3.30. The summed E-state index contributed by atoms with van der Waals surface area (Å²) in [5, 5.41) is 12.8. The highest BCUT2D eigenvalue weighted by molar-refractivity contribution is 8.07. The average molecular weight is 427 g/mol. The molecule has 0 spiro atoms. The Balaban J connectivity index is 1.66. The molecule has 5 rings (SSSR count). The Bertz CT molecular complexity index is 1060. The van der Waals surface area contributed by atoms with Crippen LogP contribution in [0.3, 0.4) is 0 Å². The summed E-state index contributed by atoms with van der Waals surface area (Å²) in [4.78, 5) is 23.6. The van der Waals surface area contributed by atoms with Crippen LogP contribution in [-0.2, 0) is 25.6 Å². The van der Waals surface area contributed by atoms with Gasteiger partial charge in [-0.2, -0.15) is 0 Å². The molecule has 2 fully saturated rings. The van der Waals surface area contributed by atoms with Gasteiger partial charge in [-0.25, -0.2) is 15.0 Å². The first-order chi connectivity index (χ1) is 12.9. The second kappa shape index (κ2) is 6.26. The van der Waals surface area contributed by atoms with E-state index in [-0.39, 0.29) is 12.4 Å². The highest BCUT2D eigenvalue weighted by atomic mass is 32.5. The van der Waals surface area contributed by atoms with E-state index in [9.17, 15) is 10.00 Å². The van der Waals surface area contributed by atoms with Crippen LogP contribution in [0, 0.1) is 0 Å². The quantitative estimate of drug-likeness (QED) is 0.508. The third kappa shape index (κ3) is 2.80. The molecule has 3 aromatic rings. The van der Waals surface area contributed by atoms with E-state index in [2.05, 4.69) is 15.0 Å². The third-order valence-electron chi connectivity index (χ3n) is 4.47. The lowest BCUT2D eigenvalue weighted by Gasteiger charge is -2.30. The molecule has 0 radical (unpaired) electrons. The Kier molecular flexibility index (Phi) is 4.08. The van der Waals surface area contributed by atoms with Gasteiger partial charge in [-0.15, -0.1) is 11.3 Å². The fourth-order valence-corrected chi connectivity index (χ4v) is 5.45. The summed E-state index contributed by atoms with van der Waals surface area (Å²) >= 11 is 6.38. The normalized spacial score (nSPS) is 33.4. The van der Waals surface area contributed by atoms with Crippen molar-refractivity contribution >= 4 is 46.8 Å². The molecule has 0 aliphatic carbocycles. The fraction of sp³-hybridized carbons (Fsp3) is 0.357. The summed E-state index contributed by atoms with van der Waals surface area (Å²) in [5.74, 6) is 0.770. The van der Waals surface area contributed by atoms with Crippen molar-refractivity contribution in [3.63, 3.8) is 0 Å². The average Bonchev–Trinajstić information content (AvgIpc) is 3.33. The molecule has 2 saturated heterocycles. The molecule has 3 aromatic heterocycles. The van der Waals surface area contributed by atoms with Crippen molar-refractivity contribution < 1.29 is 23.8 Å². The van der Waals surface area contributed by atoms with Crippen LogP contribution >= 0.6 is 18.1 Å². The molecular formula is C14H14N5O5PS2. The maximum Gasteiger partial charge on any atom is 0.325 e. The van der Waals surface area contributed by atoms with Crippen molar-refractivity contribution in [2.75, 3.05) is 12.3 Å². The molecule has 2 aliphatic heterocycles. The Labute approximate surface area is 161 Å². The first-order valence-corrected chi connectivity index (χ1v) is 11.4. The summed E-state index contributed by atoms with van der Waals surface area (Å²) in [6, 6.07) is 3.79. The molecule has 0 amide bonds. The molecule has 4 N–H and O–H groups in total. The van der Waals surface area contributed by atoms with Gasteiger partial charge < -0.3 is 25.0 Å². The van der Waals surface area contributed by atoms with Crippen molar-refractivity contribution in [3.05, 3.63) is 23.8 Å². The number of fused-ring (bicyclic) bond motifs is 2. The van der Waals surface area contributed by atoms with E-state index in [1.807, 2.05) is 17.5 Å². The number of nitrogens with two attached hydrogens (primary N) is 1. The Morgan fingerprint density at radius 3 is 3.04 bits per heavy atom. The number of rotatable bonds is 2. The largest absolute Gasteiger partial charge is 0.386 e. The molecule has 27 heavy (non-hydrogen) atoms. The number of anilines is 1. The van der Waals surface area contributed by atoms with E-state index < -0.39 is 31.3 Å². The molecule has 13 heteroatoms. The second-order valence-corrected chi connectivity index (χ2v) is 9.84. The lowest BCUT2D eigenvalue weighted by molar-refractivity contribution is -0.0587. The van der Waals surface area contributed by atoms with E-state index in [0.717, 1.165) is 4.88 Å². The van der Waals surface area contributed by atoms with E-state index in [1.165, 1.54) is 17.7 Å². The molecule has 2 aliphatic rings. The van der Waals surface area contributed by atoms with E-state index in [1.54, 1.807) is 4.57 Å². The maximum absolute atomic E-state index is 10.9. The summed E-state index contributed by atoms with van der Waals surface area (Å²) in [5.41, 5.74) is 6.81. The number of ether oxygens (including phenoxy) is 1. The van der Waals surface area contributed by atoms with Crippen LogP contribution in [0.5, 0.6) is 0 Å². The van der Waals surface area contributed by atoms with Crippen LogP contribution in [0.2, 0.25) is 0 Å². The van der Waals surface area contributed by atoms with Gasteiger partial charge in [-0.05, 0) is 23.3 Å². The summed E-state index contributed by atoms with van der Waals surface area (Å²) < 4.78 is 18.2. The highest BCUT2D eigenvalue weighted by Crippen LogP contribution is 2.53. The van der Waals surface area contributed by atoms with E-state index in [0.29, 0.717) is 17.0 Å². The number of aromatic nitrogens is 4. The zero-order valence-corrected chi connectivity index (χ0v) is 16.1. The smallest absolute Gasteiger partial charge is 0.325 e. The number of aliphatic hydroxyl groups excluding tert-OH is 1. The van der Waals surface area contributed by atoms with Gasteiger partial charge in [-0.3, -0.25) is 9.09 Å². The van der Waals surface area contributed by atoms with Crippen LogP contribution in [0.25, 0.3) is 21.9 Å². The van der Waals surface area contributed by atoms with E-state index >= 15 is 0 Å². The van der Waals surface area contributed by atoms with Gasteiger partial charge >= 0.3 is 6.72 Å². The van der Waals surface area contributed by atoms with Gasteiger partial charge in [0.05, 0.1) is 11.5 Å². The van der Waals surface area contributed by atoms with Crippen LogP contribution in [-0.4, -0.2) is 54.4 Å². The monoisotopic (exact) mass is 427 g/mol. The second-order valence-electron chi connectivity index (χ2n) is 6.10. The van der Waals surface area contributed by atoms with Crippen LogP contribution in [0.15, 0.2) is 23.8 Å². The molecule has 5 heterocycles. The van der Waals surface area contributed by atoms with E-state index in [4.69, 9.17) is 31.3 Å². The maximum atomic E-state index is 10.9. The van der Waals surface area contributed by atoms with Crippen molar-refractivity contribution in [1.29, 1.82) is 0 Å². The standard InChI is InChI=1S/C14H14N5O5PS2/c15-11-8-13(17-5-16-11)19(12(18-8)7-2-1-3-27-7)14-9(20)10-6(23-14)4-22-25(21,26)24-10/h1-3,5-6,9-10,14,20H,4H2,(H,21,26)(H2,15,16,17)/t6?,9-,10?,14+,25?/m0/s1. The molecule has 142 valence electrons. The Morgan fingerprint density at radius 2 is 2.26 bits per heavy atom. The number of aliphatic hydroxyl groups is 1. The van der Waals surface area contributed by atoms with Crippen LogP contribution < -0.4 is 5.73 Å². The molecule has 5 atom stereocenters. The minimum absolute atomic E-state index is 0.0318. The highest BCUT2D eigenvalue weighted by Gasteiger charge is 2.52. The molecule has 0 bridgehead atoms. The third-order valence-corrected chi connectivity index (χ3v) is 6.89. The Morgan fingerprint density at radius 1 is 1.41 bits per heavy atom. The predicted octanol–water partition coefficient (Wildman–Crippen LogP) is 1.03. The molecule has 3 unspecified atom stereocenters. The molecule has 0 aromatic carbocycles. The SMILES string of the molecule is Nc1ncnc2c1nc(-c1cccs1)n2[C@@H]1OC2COP(O)(=S)OC2[C@@H]1O. The zero-order valence-electron chi connectivity index (χ0n) is 13.6. The number of nitrogen functional groups attached to an aromatic ring is 1. The van der Waals surface area contributed by atoms with Crippen molar-refractivity contribution in [3.8, 4) is 10.7 Å². The number of hydrogen-bond donors (Lipinski definition) is 3. The molecular weight excluding hydrogens is 413 g/mol. The van der Waals surface area contributed by atoms with Gasteiger partial charge in [0.25, 0.3) is 0 Å². The lowest BCUT2D eigenvalue weighted by atomic mass is 10.1. The summed E-state index contributed by atoms with van der Waals surface area (Å²) in [6.07, 6.45) is -2.04. The number of hydrogen-bond acceptors (Lipinski definition) is 10. The first-order valence-electron chi connectivity index (χ1n) is 7.96. The van der Waals surface area contributed by atoms with Crippen LogP contribution in [0.1, 0.15) is 6.23 Å². The number of imidazole rings is 1. The topological polar surface area (TPSA) is 138 Å². The number of nitrogens with zero attached hydrogens (tertiary/aromatic N) is 4. The minimum atomic E-state index is -3.39. The molecule has 0 saturated carbocycles. The zero-order chi connectivity index (χ0) is 18.8.